The fourth-order valence-electron chi connectivity index (χ4n) is 2.69. The van der Waals surface area contributed by atoms with Crippen LogP contribution in [0.25, 0.3) is 0 Å². The molecule has 2 atom stereocenters. The highest BCUT2D eigenvalue weighted by Crippen LogP contribution is 2.39. The lowest BCUT2D eigenvalue weighted by atomic mass is 9.84. The van der Waals surface area contributed by atoms with Gasteiger partial charge in [0, 0.05) is 10.9 Å². The van der Waals surface area contributed by atoms with E-state index in [2.05, 4.69) is 5.32 Å². The zero-order valence-electron chi connectivity index (χ0n) is 12.7. The molecule has 0 spiro atoms. The molecular weight excluding hydrogens is 288 g/mol. The molecule has 1 heterocycles. The second-order valence-corrected chi connectivity index (χ2v) is 6.95. The summed E-state index contributed by atoms with van der Waals surface area (Å²) in [7, 11) is 0. The largest absolute Gasteiger partial charge is 0.462 e. The van der Waals surface area contributed by atoms with E-state index in [1.807, 2.05) is 13.8 Å². The molecule has 1 fully saturated rings. The van der Waals surface area contributed by atoms with Crippen molar-refractivity contribution in [2.75, 3.05) is 11.9 Å². The van der Waals surface area contributed by atoms with Crippen LogP contribution in [0.3, 0.4) is 0 Å². The van der Waals surface area contributed by atoms with Crippen LogP contribution in [-0.4, -0.2) is 24.5 Å². The normalized spacial score (nSPS) is 24.9. The predicted molar refractivity (Wildman–Crippen MR) is 83.6 cm³/mol. The number of nitrogens with two attached hydrogens (primary N) is 1. The summed E-state index contributed by atoms with van der Waals surface area (Å²) in [5.41, 5.74) is 5.92. The Hall–Kier alpha value is -1.40. The van der Waals surface area contributed by atoms with Crippen molar-refractivity contribution in [3.8, 4) is 0 Å². The molecule has 1 amide bonds. The molecule has 0 bridgehead atoms. The summed E-state index contributed by atoms with van der Waals surface area (Å²) in [5, 5.41) is 3.43. The summed E-state index contributed by atoms with van der Waals surface area (Å²) in [4.78, 5) is 25.4. The topological polar surface area (TPSA) is 81.4 Å². The van der Waals surface area contributed by atoms with Crippen molar-refractivity contribution in [3.63, 3.8) is 0 Å². The average Bonchev–Trinajstić information content (AvgIpc) is 2.95. The lowest BCUT2D eigenvalue weighted by molar-refractivity contribution is -0.125. The second-order valence-electron chi connectivity index (χ2n) is 5.69. The van der Waals surface area contributed by atoms with Crippen LogP contribution in [0.15, 0.2) is 6.07 Å². The van der Waals surface area contributed by atoms with E-state index < -0.39 is 11.4 Å². The molecule has 0 saturated heterocycles. The number of carbonyl (C=O) groups is 2. The quantitative estimate of drug-likeness (QED) is 0.838. The van der Waals surface area contributed by atoms with Gasteiger partial charge in [-0.05, 0) is 39.7 Å². The fourth-order valence-corrected chi connectivity index (χ4v) is 3.58. The first-order valence-corrected chi connectivity index (χ1v) is 8.04. The van der Waals surface area contributed by atoms with Crippen molar-refractivity contribution < 1.29 is 14.3 Å². The zero-order chi connectivity index (χ0) is 15.6. The van der Waals surface area contributed by atoms with Gasteiger partial charge in [0.25, 0.3) is 0 Å². The van der Waals surface area contributed by atoms with Gasteiger partial charge >= 0.3 is 5.97 Å². The highest BCUT2D eigenvalue weighted by Gasteiger charge is 2.43. The van der Waals surface area contributed by atoms with E-state index in [1.165, 1.54) is 11.3 Å². The standard InChI is InChI=1S/C15H22N2O3S/c1-4-20-13(18)10-8-9(2)21-12(10)17-14(19)15(3)7-5-6-11(15)16/h8,11H,4-7,16H2,1-3H3,(H,17,19). The average molecular weight is 310 g/mol. The van der Waals surface area contributed by atoms with Crippen molar-refractivity contribution in [1.29, 1.82) is 0 Å². The summed E-state index contributed by atoms with van der Waals surface area (Å²) in [6.45, 7) is 5.86. The number of hydrogen-bond acceptors (Lipinski definition) is 5. The molecule has 2 unspecified atom stereocenters. The smallest absolute Gasteiger partial charge is 0.341 e. The maximum atomic E-state index is 12.6. The van der Waals surface area contributed by atoms with Crippen molar-refractivity contribution in [2.45, 2.75) is 46.1 Å². The van der Waals surface area contributed by atoms with Crippen molar-refractivity contribution in [1.82, 2.24) is 0 Å². The van der Waals surface area contributed by atoms with Gasteiger partial charge in [-0.3, -0.25) is 4.79 Å². The Kier molecular flexibility index (Phi) is 4.68. The van der Waals surface area contributed by atoms with Crippen molar-refractivity contribution >= 4 is 28.2 Å². The second kappa shape index (κ2) is 6.15. The maximum Gasteiger partial charge on any atom is 0.341 e. The molecule has 2 rings (SSSR count). The van der Waals surface area contributed by atoms with Crippen LogP contribution >= 0.6 is 11.3 Å². The summed E-state index contributed by atoms with van der Waals surface area (Å²) < 4.78 is 5.03. The Bertz CT molecular complexity index is 555. The Morgan fingerprint density at radius 3 is 2.86 bits per heavy atom. The Labute approximate surface area is 128 Å². The fraction of sp³-hybridized carbons (Fsp3) is 0.600. The minimum absolute atomic E-state index is 0.111. The van der Waals surface area contributed by atoms with Gasteiger partial charge in [0.1, 0.15) is 5.00 Å². The van der Waals surface area contributed by atoms with E-state index in [0.29, 0.717) is 17.2 Å². The van der Waals surface area contributed by atoms with Crippen LogP contribution in [-0.2, 0) is 9.53 Å². The molecule has 3 N–H and O–H groups in total. The lowest BCUT2D eigenvalue weighted by Crippen LogP contribution is -2.44. The number of aryl methyl sites for hydroxylation is 1. The number of anilines is 1. The molecule has 116 valence electrons. The number of amides is 1. The number of thiophene rings is 1. The molecule has 1 aliphatic carbocycles. The van der Waals surface area contributed by atoms with Crippen LogP contribution in [0.1, 0.15) is 48.3 Å². The maximum absolute atomic E-state index is 12.6. The zero-order valence-corrected chi connectivity index (χ0v) is 13.5. The van der Waals surface area contributed by atoms with Gasteiger partial charge in [0.05, 0.1) is 17.6 Å². The van der Waals surface area contributed by atoms with Crippen LogP contribution in [0, 0.1) is 12.3 Å². The van der Waals surface area contributed by atoms with E-state index in [1.54, 1.807) is 13.0 Å². The highest BCUT2D eigenvalue weighted by atomic mass is 32.1. The van der Waals surface area contributed by atoms with Gasteiger partial charge in [0.15, 0.2) is 0 Å². The first-order valence-electron chi connectivity index (χ1n) is 7.23. The SMILES string of the molecule is CCOC(=O)c1cc(C)sc1NC(=O)C1(C)CCCC1N. The molecule has 6 heteroatoms. The lowest BCUT2D eigenvalue weighted by Gasteiger charge is -2.27. The third-order valence-corrected chi connectivity index (χ3v) is 5.09. The summed E-state index contributed by atoms with van der Waals surface area (Å²) in [6.07, 6.45) is 2.59. The van der Waals surface area contributed by atoms with Gasteiger partial charge in [-0.2, -0.15) is 0 Å². The molecule has 0 aromatic carbocycles. The van der Waals surface area contributed by atoms with Gasteiger partial charge in [0.2, 0.25) is 5.91 Å². The molecule has 5 nitrogen and oxygen atoms in total. The Balaban J connectivity index is 2.20. The molecule has 21 heavy (non-hydrogen) atoms. The van der Waals surface area contributed by atoms with Gasteiger partial charge in [-0.1, -0.05) is 6.42 Å². The van der Waals surface area contributed by atoms with E-state index in [9.17, 15) is 9.59 Å². The number of rotatable bonds is 4. The molecule has 0 radical (unpaired) electrons. The first-order chi connectivity index (χ1) is 9.88. The first kappa shape index (κ1) is 16.0. The molecule has 1 saturated carbocycles. The monoisotopic (exact) mass is 310 g/mol. The van der Waals surface area contributed by atoms with E-state index in [0.717, 1.165) is 24.1 Å². The van der Waals surface area contributed by atoms with Crippen LogP contribution in [0.4, 0.5) is 5.00 Å². The summed E-state index contributed by atoms with van der Waals surface area (Å²) in [5.74, 6) is -0.516. The summed E-state index contributed by atoms with van der Waals surface area (Å²) in [6, 6.07) is 1.61. The molecule has 1 aromatic rings. The van der Waals surface area contributed by atoms with Crippen LogP contribution < -0.4 is 11.1 Å². The highest BCUT2D eigenvalue weighted by molar-refractivity contribution is 7.16. The number of ether oxygens (including phenoxy) is 1. The molecule has 0 aliphatic heterocycles. The van der Waals surface area contributed by atoms with E-state index in [-0.39, 0.29) is 11.9 Å². The van der Waals surface area contributed by atoms with Crippen molar-refractivity contribution in [3.05, 3.63) is 16.5 Å². The third kappa shape index (κ3) is 3.11. The number of hydrogen-bond donors (Lipinski definition) is 2. The predicted octanol–water partition coefficient (Wildman–Crippen LogP) is 2.69. The van der Waals surface area contributed by atoms with Crippen molar-refractivity contribution in [2.24, 2.45) is 11.1 Å². The summed E-state index contributed by atoms with van der Waals surface area (Å²) >= 11 is 1.38. The molecule has 1 aliphatic rings. The van der Waals surface area contributed by atoms with Gasteiger partial charge in [-0.15, -0.1) is 11.3 Å². The molecule has 1 aromatic heterocycles. The van der Waals surface area contributed by atoms with E-state index >= 15 is 0 Å². The number of esters is 1. The van der Waals surface area contributed by atoms with Gasteiger partial charge < -0.3 is 15.8 Å². The minimum Gasteiger partial charge on any atom is -0.462 e. The van der Waals surface area contributed by atoms with Gasteiger partial charge in [-0.25, -0.2) is 4.79 Å². The van der Waals surface area contributed by atoms with Crippen LogP contribution in [0.2, 0.25) is 0 Å². The number of nitrogens with one attached hydrogen (secondary N) is 1. The molecular formula is C15H22N2O3S. The Morgan fingerprint density at radius 2 is 2.29 bits per heavy atom. The minimum atomic E-state index is -0.566. The third-order valence-electron chi connectivity index (χ3n) is 4.13. The van der Waals surface area contributed by atoms with E-state index in [4.69, 9.17) is 10.5 Å². The Morgan fingerprint density at radius 1 is 1.57 bits per heavy atom. The van der Waals surface area contributed by atoms with Crippen LogP contribution in [0.5, 0.6) is 0 Å². The number of carbonyl (C=O) groups excluding carboxylic acids is 2.